The zero-order valence-corrected chi connectivity index (χ0v) is 12.3. The fourth-order valence-electron chi connectivity index (χ4n) is 2.23. The number of urea groups is 1. The standard InChI is InChI=1S/C17H19N3O2/c1-12(16(21)20-17(18)22)19-15(13-8-4-2-5-9-13)14-10-6-3-7-11-14/h2-12,15,19H,1H3,(H3,18,20,21,22). The van der Waals surface area contributed by atoms with Gasteiger partial charge in [0.15, 0.2) is 0 Å². The number of carbonyl (C=O) groups excluding carboxylic acids is 2. The maximum Gasteiger partial charge on any atom is 0.318 e. The van der Waals surface area contributed by atoms with Gasteiger partial charge in [-0.3, -0.25) is 15.4 Å². The van der Waals surface area contributed by atoms with Crippen LogP contribution >= 0.6 is 0 Å². The molecule has 22 heavy (non-hydrogen) atoms. The molecule has 2 aromatic rings. The molecule has 2 rings (SSSR count). The number of amides is 3. The first-order chi connectivity index (χ1) is 10.6. The van der Waals surface area contributed by atoms with Crippen molar-refractivity contribution in [3.63, 3.8) is 0 Å². The van der Waals surface area contributed by atoms with E-state index in [1.165, 1.54) is 0 Å². The van der Waals surface area contributed by atoms with Gasteiger partial charge in [-0.15, -0.1) is 0 Å². The predicted molar refractivity (Wildman–Crippen MR) is 85.1 cm³/mol. The lowest BCUT2D eigenvalue weighted by Crippen LogP contribution is -2.47. The summed E-state index contributed by atoms with van der Waals surface area (Å²) in [5.74, 6) is -0.454. The summed E-state index contributed by atoms with van der Waals surface area (Å²) in [5.41, 5.74) is 7.05. The molecule has 0 fully saturated rings. The summed E-state index contributed by atoms with van der Waals surface area (Å²) in [6.07, 6.45) is 0. The molecule has 4 N–H and O–H groups in total. The second kappa shape index (κ2) is 7.38. The summed E-state index contributed by atoms with van der Waals surface area (Å²) in [7, 11) is 0. The van der Waals surface area contributed by atoms with E-state index in [0.717, 1.165) is 11.1 Å². The molecule has 0 aliphatic carbocycles. The highest BCUT2D eigenvalue weighted by Crippen LogP contribution is 2.22. The summed E-state index contributed by atoms with van der Waals surface area (Å²) in [6, 6.07) is 18.0. The largest absolute Gasteiger partial charge is 0.351 e. The molecule has 114 valence electrons. The number of primary amides is 1. The van der Waals surface area contributed by atoms with Gasteiger partial charge in [0.05, 0.1) is 12.1 Å². The first-order valence-corrected chi connectivity index (χ1v) is 7.04. The van der Waals surface area contributed by atoms with Crippen molar-refractivity contribution < 1.29 is 9.59 Å². The van der Waals surface area contributed by atoms with E-state index < -0.39 is 18.0 Å². The van der Waals surface area contributed by atoms with Crippen molar-refractivity contribution in [3.05, 3.63) is 71.8 Å². The van der Waals surface area contributed by atoms with E-state index in [4.69, 9.17) is 5.73 Å². The van der Waals surface area contributed by atoms with Crippen LogP contribution in [0.1, 0.15) is 24.1 Å². The lowest BCUT2D eigenvalue weighted by Gasteiger charge is -2.23. The third-order valence-electron chi connectivity index (χ3n) is 3.32. The number of benzene rings is 2. The van der Waals surface area contributed by atoms with E-state index >= 15 is 0 Å². The Morgan fingerprint density at radius 1 is 0.909 bits per heavy atom. The van der Waals surface area contributed by atoms with Gasteiger partial charge in [0.1, 0.15) is 0 Å². The molecule has 1 unspecified atom stereocenters. The van der Waals surface area contributed by atoms with Crippen LogP contribution in [-0.2, 0) is 4.79 Å². The van der Waals surface area contributed by atoms with Crippen LogP contribution in [0.3, 0.4) is 0 Å². The zero-order valence-electron chi connectivity index (χ0n) is 12.3. The Kier molecular flexibility index (Phi) is 5.27. The zero-order chi connectivity index (χ0) is 15.9. The summed E-state index contributed by atoms with van der Waals surface area (Å²) >= 11 is 0. The quantitative estimate of drug-likeness (QED) is 0.788. The van der Waals surface area contributed by atoms with Crippen molar-refractivity contribution in [1.82, 2.24) is 10.6 Å². The average molecular weight is 297 g/mol. The molecule has 0 radical (unpaired) electrons. The molecule has 5 heteroatoms. The number of nitrogens with one attached hydrogen (secondary N) is 2. The van der Waals surface area contributed by atoms with Gasteiger partial charge in [0, 0.05) is 0 Å². The highest BCUT2D eigenvalue weighted by molar-refractivity contribution is 5.96. The average Bonchev–Trinajstić information content (AvgIpc) is 2.53. The number of hydrogen-bond donors (Lipinski definition) is 3. The summed E-state index contributed by atoms with van der Waals surface area (Å²) < 4.78 is 0. The van der Waals surface area contributed by atoms with Gasteiger partial charge >= 0.3 is 6.03 Å². The van der Waals surface area contributed by atoms with Crippen LogP contribution in [0.2, 0.25) is 0 Å². The van der Waals surface area contributed by atoms with Gasteiger partial charge in [0.25, 0.3) is 0 Å². The maximum atomic E-state index is 11.9. The minimum absolute atomic E-state index is 0.156. The summed E-state index contributed by atoms with van der Waals surface area (Å²) in [5, 5.41) is 5.32. The van der Waals surface area contributed by atoms with Crippen LogP contribution in [0.5, 0.6) is 0 Å². The van der Waals surface area contributed by atoms with E-state index in [9.17, 15) is 9.59 Å². The van der Waals surface area contributed by atoms with Crippen LogP contribution in [0.4, 0.5) is 4.79 Å². The molecular formula is C17H19N3O2. The first-order valence-electron chi connectivity index (χ1n) is 7.04. The van der Waals surface area contributed by atoms with Gasteiger partial charge in [-0.1, -0.05) is 60.7 Å². The van der Waals surface area contributed by atoms with Crippen LogP contribution < -0.4 is 16.4 Å². The van der Waals surface area contributed by atoms with Crippen LogP contribution in [0, 0.1) is 0 Å². The van der Waals surface area contributed by atoms with E-state index in [1.807, 2.05) is 60.7 Å². The predicted octanol–water partition coefficient (Wildman–Crippen LogP) is 1.95. The van der Waals surface area contributed by atoms with Gasteiger partial charge in [-0.05, 0) is 18.1 Å². The SMILES string of the molecule is CC(NC(c1ccccc1)c1ccccc1)C(=O)NC(N)=O. The molecule has 0 spiro atoms. The Labute approximate surface area is 129 Å². The summed E-state index contributed by atoms with van der Waals surface area (Å²) in [4.78, 5) is 22.7. The van der Waals surface area contributed by atoms with Crippen molar-refractivity contribution in [2.75, 3.05) is 0 Å². The van der Waals surface area contributed by atoms with E-state index in [2.05, 4.69) is 10.6 Å². The Bertz CT molecular complexity index is 589. The molecule has 1 atom stereocenters. The van der Waals surface area contributed by atoms with Crippen molar-refractivity contribution >= 4 is 11.9 Å². The van der Waals surface area contributed by atoms with Gasteiger partial charge in [0.2, 0.25) is 5.91 Å². The number of carbonyl (C=O) groups is 2. The second-order valence-corrected chi connectivity index (χ2v) is 5.00. The molecule has 0 aromatic heterocycles. The van der Waals surface area contributed by atoms with E-state index in [1.54, 1.807) is 6.92 Å². The van der Waals surface area contributed by atoms with Crippen LogP contribution in [0.15, 0.2) is 60.7 Å². The third kappa shape index (κ3) is 4.17. The fraction of sp³-hybridized carbons (Fsp3) is 0.176. The van der Waals surface area contributed by atoms with Crippen molar-refractivity contribution in [3.8, 4) is 0 Å². The van der Waals surface area contributed by atoms with Crippen LogP contribution in [-0.4, -0.2) is 18.0 Å². The Balaban J connectivity index is 2.23. The normalized spacial score (nSPS) is 11.9. The molecule has 0 bridgehead atoms. The minimum atomic E-state index is -0.852. The highest BCUT2D eigenvalue weighted by atomic mass is 16.2. The van der Waals surface area contributed by atoms with Crippen molar-refractivity contribution in [2.24, 2.45) is 5.73 Å². The summed E-state index contributed by atoms with van der Waals surface area (Å²) in [6.45, 7) is 1.69. The first kappa shape index (κ1) is 15.7. The molecule has 2 aromatic carbocycles. The molecular weight excluding hydrogens is 278 g/mol. The molecule has 0 saturated carbocycles. The molecule has 0 aliphatic heterocycles. The fourth-order valence-corrected chi connectivity index (χ4v) is 2.23. The topological polar surface area (TPSA) is 84.2 Å². The maximum absolute atomic E-state index is 11.9. The molecule has 5 nitrogen and oxygen atoms in total. The van der Waals surface area contributed by atoms with E-state index in [-0.39, 0.29) is 6.04 Å². The lowest BCUT2D eigenvalue weighted by atomic mass is 9.98. The third-order valence-corrected chi connectivity index (χ3v) is 3.32. The van der Waals surface area contributed by atoms with Crippen molar-refractivity contribution in [1.29, 1.82) is 0 Å². The van der Waals surface area contributed by atoms with Crippen LogP contribution in [0.25, 0.3) is 0 Å². The number of rotatable bonds is 5. The monoisotopic (exact) mass is 297 g/mol. The molecule has 0 saturated heterocycles. The Hall–Kier alpha value is -2.66. The number of hydrogen-bond acceptors (Lipinski definition) is 3. The lowest BCUT2D eigenvalue weighted by molar-refractivity contribution is -0.121. The minimum Gasteiger partial charge on any atom is -0.351 e. The smallest absolute Gasteiger partial charge is 0.318 e. The highest BCUT2D eigenvalue weighted by Gasteiger charge is 2.21. The van der Waals surface area contributed by atoms with Gasteiger partial charge < -0.3 is 5.73 Å². The number of nitrogens with two attached hydrogens (primary N) is 1. The second-order valence-electron chi connectivity index (χ2n) is 5.00. The Morgan fingerprint density at radius 3 is 1.77 bits per heavy atom. The van der Waals surface area contributed by atoms with Crippen molar-refractivity contribution in [2.45, 2.75) is 19.0 Å². The molecule has 3 amide bonds. The van der Waals surface area contributed by atoms with E-state index in [0.29, 0.717) is 0 Å². The Morgan fingerprint density at radius 2 is 1.36 bits per heavy atom. The molecule has 0 heterocycles. The molecule has 0 aliphatic rings. The van der Waals surface area contributed by atoms with Gasteiger partial charge in [-0.2, -0.15) is 0 Å². The number of imide groups is 1. The van der Waals surface area contributed by atoms with Gasteiger partial charge in [-0.25, -0.2) is 4.79 Å².